The predicted molar refractivity (Wildman–Crippen MR) is 101 cm³/mol. The summed E-state index contributed by atoms with van der Waals surface area (Å²) >= 11 is 1.35. The van der Waals surface area contributed by atoms with Crippen molar-refractivity contribution in [3.63, 3.8) is 0 Å². The molecule has 3 rings (SSSR count). The highest BCUT2D eigenvalue weighted by Crippen LogP contribution is 2.23. The SMILES string of the molecule is COc1ccc(-c2cccc(C(=O)NNSc3ccccc3)c2)cc1. The predicted octanol–water partition coefficient (Wildman–Crippen LogP) is 4.30. The Kier molecular flexibility index (Phi) is 5.72. The van der Waals surface area contributed by atoms with Crippen LogP contribution >= 0.6 is 11.9 Å². The zero-order chi connectivity index (χ0) is 17.5. The quantitative estimate of drug-likeness (QED) is 0.514. The molecule has 25 heavy (non-hydrogen) atoms. The molecule has 3 aromatic carbocycles. The van der Waals surface area contributed by atoms with Crippen LogP contribution < -0.4 is 15.0 Å². The Bertz CT molecular complexity index is 836. The molecule has 0 bridgehead atoms. The maximum Gasteiger partial charge on any atom is 0.266 e. The van der Waals surface area contributed by atoms with E-state index in [9.17, 15) is 4.79 Å². The van der Waals surface area contributed by atoms with E-state index in [0.29, 0.717) is 5.56 Å². The number of hydrogen-bond acceptors (Lipinski definition) is 4. The third-order valence-electron chi connectivity index (χ3n) is 3.62. The van der Waals surface area contributed by atoms with E-state index < -0.39 is 0 Å². The summed E-state index contributed by atoms with van der Waals surface area (Å²) in [5, 5.41) is 0. The van der Waals surface area contributed by atoms with Crippen molar-refractivity contribution in [3.05, 3.63) is 84.4 Å². The third-order valence-corrected chi connectivity index (χ3v) is 4.34. The van der Waals surface area contributed by atoms with Crippen LogP contribution in [0.25, 0.3) is 11.1 Å². The van der Waals surface area contributed by atoms with E-state index in [4.69, 9.17) is 4.74 Å². The van der Waals surface area contributed by atoms with Gasteiger partial charge in [-0.3, -0.25) is 10.2 Å². The summed E-state index contributed by atoms with van der Waals surface area (Å²) in [4.78, 5) is 16.2. The van der Waals surface area contributed by atoms with Gasteiger partial charge in [0, 0.05) is 10.5 Å². The smallest absolute Gasteiger partial charge is 0.266 e. The van der Waals surface area contributed by atoms with Crippen LogP contribution in [0.2, 0.25) is 0 Å². The molecule has 126 valence electrons. The van der Waals surface area contributed by atoms with Crippen LogP contribution in [0.3, 0.4) is 0 Å². The van der Waals surface area contributed by atoms with Crippen LogP contribution in [0.5, 0.6) is 5.75 Å². The lowest BCUT2D eigenvalue weighted by atomic mass is 10.0. The molecule has 0 aliphatic heterocycles. The maximum atomic E-state index is 12.3. The number of nitrogens with one attached hydrogen (secondary N) is 2. The largest absolute Gasteiger partial charge is 0.497 e. The number of carbonyl (C=O) groups is 1. The molecule has 0 saturated carbocycles. The number of carbonyl (C=O) groups excluding carboxylic acids is 1. The van der Waals surface area contributed by atoms with Crippen molar-refractivity contribution >= 4 is 17.9 Å². The van der Waals surface area contributed by atoms with E-state index in [1.165, 1.54) is 11.9 Å². The second-order valence-electron chi connectivity index (χ2n) is 5.28. The minimum atomic E-state index is -0.182. The molecule has 3 aromatic rings. The van der Waals surface area contributed by atoms with Gasteiger partial charge in [-0.1, -0.05) is 42.5 Å². The Labute approximate surface area is 151 Å². The minimum Gasteiger partial charge on any atom is -0.497 e. The first kappa shape index (κ1) is 17.1. The molecule has 0 radical (unpaired) electrons. The molecule has 0 unspecified atom stereocenters. The van der Waals surface area contributed by atoms with Gasteiger partial charge in [0.1, 0.15) is 5.75 Å². The van der Waals surface area contributed by atoms with Crippen molar-refractivity contribution in [3.8, 4) is 16.9 Å². The molecular weight excluding hydrogens is 332 g/mol. The molecule has 0 atom stereocenters. The summed E-state index contributed by atoms with van der Waals surface area (Å²) < 4.78 is 5.17. The van der Waals surface area contributed by atoms with Crippen molar-refractivity contribution in [2.45, 2.75) is 4.90 Å². The summed E-state index contributed by atoms with van der Waals surface area (Å²) in [5.41, 5.74) is 5.30. The molecule has 0 saturated heterocycles. The number of benzene rings is 3. The number of hydrogen-bond donors (Lipinski definition) is 2. The number of amides is 1. The van der Waals surface area contributed by atoms with Gasteiger partial charge in [-0.15, -0.1) is 0 Å². The van der Waals surface area contributed by atoms with Gasteiger partial charge >= 0.3 is 0 Å². The fourth-order valence-electron chi connectivity index (χ4n) is 2.31. The highest BCUT2D eigenvalue weighted by Gasteiger charge is 2.07. The van der Waals surface area contributed by atoms with Gasteiger partial charge in [-0.05, 0) is 59.5 Å². The van der Waals surface area contributed by atoms with E-state index in [1.54, 1.807) is 13.2 Å². The van der Waals surface area contributed by atoms with Crippen LogP contribution in [0.15, 0.2) is 83.8 Å². The molecule has 4 nitrogen and oxygen atoms in total. The van der Waals surface area contributed by atoms with Crippen LogP contribution in [0.4, 0.5) is 0 Å². The average Bonchev–Trinajstić information content (AvgIpc) is 2.69. The molecule has 1 amide bonds. The van der Waals surface area contributed by atoms with Crippen LogP contribution in [0.1, 0.15) is 10.4 Å². The summed E-state index contributed by atoms with van der Waals surface area (Å²) in [5.74, 6) is 0.624. The van der Waals surface area contributed by atoms with E-state index in [1.807, 2.05) is 72.8 Å². The number of rotatable bonds is 6. The molecular formula is C20H18N2O2S. The highest BCUT2D eigenvalue weighted by atomic mass is 32.2. The minimum absolute atomic E-state index is 0.182. The fraction of sp³-hybridized carbons (Fsp3) is 0.0500. The standard InChI is InChI=1S/C20H18N2O2S/c1-24-18-12-10-15(11-13-18)16-6-5-7-17(14-16)20(23)21-22-25-19-8-3-2-4-9-19/h2-14,22H,1H3,(H,21,23). The van der Waals surface area contributed by atoms with Gasteiger partial charge in [0.2, 0.25) is 0 Å². The number of methoxy groups -OCH3 is 1. The van der Waals surface area contributed by atoms with Crippen LogP contribution in [-0.2, 0) is 0 Å². The number of hydrazine groups is 1. The highest BCUT2D eigenvalue weighted by molar-refractivity contribution is 7.97. The fourth-order valence-corrected chi connectivity index (χ4v) is 2.87. The average molecular weight is 350 g/mol. The van der Waals surface area contributed by atoms with Crippen molar-refractivity contribution in [1.82, 2.24) is 10.3 Å². The molecule has 2 N–H and O–H groups in total. The first-order valence-electron chi connectivity index (χ1n) is 7.78. The Hall–Kier alpha value is -2.76. The Morgan fingerprint density at radius 2 is 1.64 bits per heavy atom. The van der Waals surface area contributed by atoms with E-state index in [0.717, 1.165) is 21.8 Å². The van der Waals surface area contributed by atoms with Gasteiger partial charge in [-0.25, -0.2) is 0 Å². The van der Waals surface area contributed by atoms with Crippen LogP contribution in [-0.4, -0.2) is 13.0 Å². The third kappa shape index (κ3) is 4.62. The lowest BCUT2D eigenvalue weighted by molar-refractivity contribution is 0.0947. The van der Waals surface area contributed by atoms with Gasteiger partial charge < -0.3 is 4.74 Å². The summed E-state index contributed by atoms with van der Waals surface area (Å²) in [6, 6.07) is 25.0. The van der Waals surface area contributed by atoms with Crippen molar-refractivity contribution in [1.29, 1.82) is 0 Å². The van der Waals surface area contributed by atoms with Gasteiger partial charge in [0.15, 0.2) is 0 Å². The Balaban J connectivity index is 1.64. The van der Waals surface area contributed by atoms with Crippen molar-refractivity contribution in [2.24, 2.45) is 0 Å². The van der Waals surface area contributed by atoms with Crippen molar-refractivity contribution in [2.75, 3.05) is 7.11 Å². The molecule has 0 aliphatic carbocycles. The maximum absolute atomic E-state index is 12.3. The van der Waals surface area contributed by atoms with E-state index in [-0.39, 0.29) is 5.91 Å². The molecule has 0 spiro atoms. The zero-order valence-electron chi connectivity index (χ0n) is 13.7. The second-order valence-corrected chi connectivity index (χ2v) is 6.16. The number of ether oxygens (including phenoxy) is 1. The van der Waals surface area contributed by atoms with Gasteiger partial charge in [-0.2, -0.15) is 4.83 Å². The topological polar surface area (TPSA) is 50.4 Å². The Morgan fingerprint density at radius 1 is 0.880 bits per heavy atom. The Morgan fingerprint density at radius 3 is 2.36 bits per heavy atom. The monoisotopic (exact) mass is 350 g/mol. The summed E-state index contributed by atoms with van der Waals surface area (Å²) in [6.45, 7) is 0. The van der Waals surface area contributed by atoms with Gasteiger partial charge in [0.25, 0.3) is 5.91 Å². The van der Waals surface area contributed by atoms with Gasteiger partial charge in [0.05, 0.1) is 7.11 Å². The van der Waals surface area contributed by atoms with E-state index in [2.05, 4.69) is 10.3 Å². The summed E-state index contributed by atoms with van der Waals surface area (Å²) in [6.07, 6.45) is 0. The summed E-state index contributed by atoms with van der Waals surface area (Å²) in [7, 11) is 1.64. The van der Waals surface area contributed by atoms with E-state index >= 15 is 0 Å². The second kappa shape index (κ2) is 8.37. The zero-order valence-corrected chi connectivity index (χ0v) is 14.5. The van der Waals surface area contributed by atoms with Crippen molar-refractivity contribution < 1.29 is 9.53 Å². The first-order chi connectivity index (χ1) is 12.3. The first-order valence-corrected chi connectivity index (χ1v) is 8.59. The lowest BCUT2D eigenvalue weighted by Gasteiger charge is -2.08. The molecule has 0 aliphatic rings. The normalized spacial score (nSPS) is 10.3. The molecule has 0 fully saturated rings. The molecule has 0 aromatic heterocycles. The van der Waals surface area contributed by atoms with Crippen LogP contribution in [0, 0.1) is 0 Å². The molecule has 0 heterocycles. The lowest BCUT2D eigenvalue weighted by Crippen LogP contribution is -2.32. The molecule has 5 heteroatoms.